The van der Waals surface area contributed by atoms with E-state index >= 15 is 0 Å². The van der Waals surface area contributed by atoms with Crippen LogP contribution in [0, 0.1) is 0 Å². The summed E-state index contributed by atoms with van der Waals surface area (Å²) in [4.78, 5) is 0. The maximum absolute atomic E-state index is 6.39. The van der Waals surface area contributed by atoms with Crippen molar-refractivity contribution in [1.29, 1.82) is 0 Å². The highest BCUT2D eigenvalue weighted by Crippen LogP contribution is 2.28. The standard InChI is InChI=1S/C10H25N5/c1-3-5-9(11)10(12,6-4-2)15(13)8-7-14-9/h14H,3-8,11-13H2,1-2H3. The minimum atomic E-state index is -0.629. The highest BCUT2D eigenvalue weighted by molar-refractivity contribution is 5.06. The van der Waals surface area contributed by atoms with Crippen LogP contribution in [-0.4, -0.2) is 29.4 Å². The molecule has 0 radical (unpaired) electrons. The number of piperazine rings is 1. The van der Waals surface area contributed by atoms with Gasteiger partial charge in [-0.25, -0.2) is 5.01 Å². The molecule has 1 heterocycles. The van der Waals surface area contributed by atoms with Gasteiger partial charge < -0.3 is 11.5 Å². The van der Waals surface area contributed by atoms with Gasteiger partial charge >= 0.3 is 0 Å². The lowest BCUT2D eigenvalue weighted by atomic mass is 9.83. The lowest BCUT2D eigenvalue weighted by Gasteiger charge is -2.54. The quantitative estimate of drug-likeness (QED) is 0.482. The molecule has 0 spiro atoms. The molecule has 1 aliphatic rings. The van der Waals surface area contributed by atoms with E-state index in [1.54, 1.807) is 5.01 Å². The summed E-state index contributed by atoms with van der Waals surface area (Å²) in [7, 11) is 0. The Hall–Kier alpha value is -0.200. The zero-order valence-electron chi connectivity index (χ0n) is 9.92. The third-order valence-electron chi connectivity index (χ3n) is 3.35. The zero-order valence-corrected chi connectivity index (χ0v) is 9.92. The van der Waals surface area contributed by atoms with Crippen molar-refractivity contribution in [3.8, 4) is 0 Å². The van der Waals surface area contributed by atoms with Crippen LogP contribution in [0.3, 0.4) is 0 Å². The monoisotopic (exact) mass is 215 g/mol. The van der Waals surface area contributed by atoms with Crippen LogP contribution < -0.4 is 22.6 Å². The minimum absolute atomic E-state index is 0.565. The first-order valence-corrected chi connectivity index (χ1v) is 5.85. The van der Waals surface area contributed by atoms with Gasteiger partial charge in [-0.2, -0.15) is 0 Å². The average molecular weight is 215 g/mol. The summed E-state index contributed by atoms with van der Waals surface area (Å²) >= 11 is 0. The van der Waals surface area contributed by atoms with Crippen molar-refractivity contribution in [1.82, 2.24) is 10.3 Å². The number of rotatable bonds is 4. The second kappa shape index (κ2) is 4.76. The second-order valence-electron chi connectivity index (χ2n) is 4.52. The molecular weight excluding hydrogens is 190 g/mol. The Morgan fingerprint density at radius 3 is 2.33 bits per heavy atom. The number of hydrogen-bond acceptors (Lipinski definition) is 5. The molecular formula is C10H25N5. The molecule has 1 aliphatic heterocycles. The van der Waals surface area contributed by atoms with Crippen molar-refractivity contribution < 1.29 is 0 Å². The van der Waals surface area contributed by atoms with Crippen LogP contribution in [0.5, 0.6) is 0 Å². The van der Waals surface area contributed by atoms with Gasteiger partial charge in [-0.15, -0.1) is 0 Å². The summed E-state index contributed by atoms with van der Waals surface area (Å²) in [6, 6.07) is 0. The lowest BCUT2D eigenvalue weighted by molar-refractivity contribution is -0.0440. The normalized spacial score (nSPS) is 38.2. The fourth-order valence-electron chi connectivity index (χ4n) is 2.46. The molecule has 5 nitrogen and oxygen atoms in total. The van der Waals surface area contributed by atoms with Gasteiger partial charge in [-0.1, -0.05) is 26.7 Å². The van der Waals surface area contributed by atoms with E-state index in [1.165, 1.54) is 0 Å². The topological polar surface area (TPSA) is 93.3 Å². The number of nitrogens with one attached hydrogen (secondary N) is 1. The van der Waals surface area contributed by atoms with Crippen LogP contribution in [0.1, 0.15) is 39.5 Å². The molecule has 5 heteroatoms. The molecule has 0 aromatic heterocycles. The fourth-order valence-corrected chi connectivity index (χ4v) is 2.46. The molecule has 1 saturated heterocycles. The van der Waals surface area contributed by atoms with Crippen molar-refractivity contribution in [2.24, 2.45) is 17.3 Å². The zero-order chi connectivity index (χ0) is 11.5. The van der Waals surface area contributed by atoms with E-state index in [1.807, 2.05) is 0 Å². The van der Waals surface area contributed by atoms with Crippen molar-refractivity contribution in [2.45, 2.75) is 50.9 Å². The van der Waals surface area contributed by atoms with Gasteiger partial charge in [0.05, 0.1) is 5.66 Å². The third-order valence-corrected chi connectivity index (χ3v) is 3.35. The van der Waals surface area contributed by atoms with Crippen molar-refractivity contribution in [3.63, 3.8) is 0 Å². The van der Waals surface area contributed by atoms with E-state index < -0.39 is 11.3 Å². The number of hydrogen-bond donors (Lipinski definition) is 4. The third kappa shape index (κ3) is 2.16. The fraction of sp³-hybridized carbons (Fsp3) is 1.00. The van der Waals surface area contributed by atoms with Gasteiger partial charge in [0.25, 0.3) is 0 Å². The van der Waals surface area contributed by atoms with Gasteiger partial charge in [0.1, 0.15) is 5.66 Å². The molecule has 90 valence electrons. The number of nitrogens with zero attached hydrogens (tertiary/aromatic N) is 1. The Balaban J connectivity index is 2.89. The van der Waals surface area contributed by atoms with E-state index in [0.29, 0.717) is 0 Å². The minimum Gasteiger partial charge on any atom is -0.311 e. The first-order chi connectivity index (χ1) is 7.00. The summed E-state index contributed by atoms with van der Waals surface area (Å²) in [5.41, 5.74) is 11.6. The van der Waals surface area contributed by atoms with Crippen LogP contribution in [0.15, 0.2) is 0 Å². The van der Waals surface area contributed by atoms with Crippen LogP contribution in [0.2, 0.25) is 0 Å². The van der Waals surface area contributed by atoms with E-state index in [9.17, 15) is 0 Å². The molecule has 0 aromatic carbocycles. The summed E-state index contributed by atoms with van der Waals surface area (Å²) in [5.74, 6) is 5.99. The average Bonchev–Trinajstić information content (AvgIpc) is 2.16. The predicted molar refractivity (Wildman–Crippen MR) is 62.5 cm³/mol. The molecule has 1 fully saturated rings. The molecule has 0 aliphatic carbocycles. The van der Waals surface area contributed by atoms with E-state index in [-0.39, 0.29) is 0 Å². The molecule has 0 bridgehead atoms. The van der Waals surface area contributed by atoms with Gasteiger partial charge in [0.2, 0.25) is 0 Å². The van der Waals surface area contributed by atoms with Gasteiger partial charge in [-0.3, -0.25) is 11.2 Å². The van der Waals surface area contributed by atoms with Crippen LogP contribution in [0.25, 0.3) is 0 Å². The van der Waals surface area contributed by atoms with Crippen LogP contribution in [0.4, 0.5) is 0 Å². The number of nitrogens with two attached hydrogens (primary N) is 3. The highest BCUT2D eigenvalue weighted by atomic mass is 15.5. The SMILES string of the molecule is CCCC1(N)NCCN(N)C1(N)CCC. The second-order valence-corrected chi connectivity index (χ2v) is 4.52. The van der Waals surface area contributed by atoms with Gasteiger partial charge in [-0.05, 0) is 12.8 Å². The Labute approximate surface area is 92.3 Å². The van der Waals surface area contributed by atoms with Crippen LogP contribution in [-0.2, 0) is 0 Å². The van der Waals surface area contributed by atoms with Crippen molar-refractivity contribution in [3.05, 3.63) is 0 Å². The van der Waals surface area contributed by atoms with E-state index in [0.717, 1.165) is 38.8 Å². The van der Waals surface area contributed by atoms with E-state index in [4.69, 9.17) is 17.3 Å². The Kier molecular flexibility index (Phi) is 4.08. The summed E-state index contributed by atoms with van der Waals surface area (Å²) in [6.45, 7) is 5.76. The largest absolute Gasteiger partial charge is 0.311 e. The molecule has 2 atom stereocenters. The molecule has 0 amide bonds. The Morgan fingerprint density at radius 1 is 1.20 bits per heavy atom. The first kappa shape index (κ1) is 12.9. The maximum Gasteiger partial charge on any atom is 0.113 e. The lowest BCUT2D eigenvalue weighted by Crippen LogP contribution is -2.84. The first-order valence-electron chi connectivity index (χ1n) is 5.85. The maximum atomic E-state index is 6.39. The summed E-state index contributed by atoms with van der Waals surface area (Å²) in [6.07, 6.45) is 3.64. The molecule has 1 rings (SSSR count). The van der Waals surface area contributed by atoms with Gasteiger partial charge in [0, 0.05) is 13.1 Å². The van der Waals surface area contributed by atoms with Gasteiger partial charge in [0.15, 0.2) is 0 Å². The molecule has 0 aromatic rings. The highest BCUT2D eigenvalue weighted by Gasteiger charge is 2.50. The van der Waals surface area contributed by atoms with Crippen molar-refractivity contribution in [2.75, 3.05) is 13.1 Å². The smallest absolute Gasteiger partial charge is 0.113 e. The molecule has 7 N–H and O–H groups in total. The summed E-state index contributed by atoms with van der Waals surface area (Å²) in [5, 5.41) is 5.04. The number of hydrazine groups is 1. The van der Waals surface area contributed by atoms with Crippen molar-refractivity contribution >= 4 is 0 Å². The summed E-state index contributed by atoms with van der Waals surface area (Å²) < 4.78 is 0. The van der Waals surface area contributed by atoms with E-state index in [2.05, 4.69) is 19.2 Å². The Bertz CT molecular complexity index is 206. The molecule has 2 unspecified atom stereocenters. The molecule has 0 saturated carbocycles. The van der Waals surface area contributed by atoms with Crippen LogP contribution >= 0.6 is 0 Å². The Morgan fingerprint density at radius 2 is 1.80 bits per heavy atom. The molecule has 15 heavy (non-hydrogen) atoms. The predicted octanol–water partition coefficient (Wildman–Crippen LogP) is -0.324.